The normalized spacial score (nSPS) is 12.9. The fourth-order valence-corrected chi connectivity index (χ4v) is 3.84. The fraction of sp³-hybridized carbons (Fsp3) is 0.375. The van der Waals surface area contributed by atoms with Crippen molar-refractivity contribution in [3.63, 3.8) is 0 Å². The molecule has 9 nitrogen and oxygen atoms in total. The molecule has 2 aromatic carbocycles. The van der Waals surface area contributed by atoms with E-state index in [0.29, 0.717) is 29.8 Å². The Morgan fingerprint density at radius 1 is 1.19 bits per heavy atom. The Morgan fingerprint density at radius 2 is 1.97 bits per heavy atom. The molecule has 0 aliphatic carbocycles. The van der Waals surface area contributed by atoms with Crippen LogP contribution in [-0.2, 0) is 6.54 Å². The molecule has 36 heavy (non-hydrogen) atoms. The molecule has 4 N–H and O–H groups in total. The summed E-state index contributed by atoms with van der Waals surface area (Å²) in [6.07, 6.45) is -4.24. The van der Waals surface area contributed by atoms with Crippen LogP contribution in [0, 0.1) is 12.8 Å². The van der Waals surface area contributed by atoms with Crippen molar-refractivity contribution >= 4 is 22.5 Å². The van der Waals surface area contributed by atoms with Crippen molar-refractivity contribution < 1.29 is 23.0 Å². The second-order valence-corrected chi connectivity index (χ2v) is 8.88. The number of aromatic amines is 1. The molecule has 0 saturated heterocycles. The molecule has 0 radical (unpaired) electrons. The number of aryl methyl sites for hydroxylation is 1. The first kappa shape index (κ1) is 25.5. The molecule has 4 rings (SSSR count). The standard InChI is InChI=1S/C24H28F3N7O2/c1-13(2)11-34-23(30-18-7-8-19-17(14(18)3)10-29-32-19)31-21(33-34)15-5-6-16(20(9-15)36-4)22(35)28-12-24(25,26)27/h5-10,13,22,28,35H,11-12H2,1-4H3,(H,29,32)(H,30,31,33). The smallest absolute Gasteiger partial charge is 0.401 e. The maximum Gasteiger partial charge on any atom is 0.401 e. The Hall–Kier alpha value is -3.64. The molecule has 0 fully saturated rings. The Kier molecular flexibility index (Phi) is 7.18. The van der Waals surface area contributed by atoms with E-state index in [1.54, 1.807) is 23.0 Å². The van der Waals surface area contributed by atoms with Crippen molar-refractivity contribution in [2.75, 3.05) is 19.0 Å². The number of nitrogens with zero attached hydrogens (tertiary/aromatic N) is 4. The topological polar surface area (TPSA) is 113 Å². The van der Waals surface area contributed by atoms with Crippen molar-refractivity contribution in [3.05, 3.63) is 47.7 Å². The zero-order valence-electron chi connectivity index (χ0n) is 20.3. The Labute approximate surface area is 205 Å². The Balaban J connectivity index is 1.65. The average Bonchev–Trinajstić information content (AvgIpc) is 3.46. The first-order valence-electron chi connectivity index (χ1n) is 11.4. The van der Waals surface area contributed by atoms with Crippen LogP contribution in [0.25, 0.3) is 22.3 Å². The number of benzene rings is 2. The van der Waals surface area contributed by atoms with Crippen LogP contribution in [0.1, 0.15) is 31.2 Å². The van der Waals surface area contributed by atoms with E-state index >= 15 is 0 Å². The number of alkyl halides is 3. The first-order valence-corrected chi connectivity index (χ1v) is 11.4. The van der Waals surface area contributed by atoms with Crippen LogP contribution in [0.5, 0.6) is 5.75 Å². The van der Waals surface area contributed by atoms with E-state index in [-0.39, 0.29) is 11.3 Å². The van der Waals surface area contributed by atoms with Gasteiger partial charge in [0, 0.05) is 28.7 Å². The minimum Gasteiger partial charge on any atom is -0.496 e. The van der Waals surface area contributed by atoms with E-state index < -0.39 is 18.9 Å². The Bertz CT molecular complexity index is 1350. The van der Waals surface area contributed by atoms with Crippen LogP contribution in [0.4, 0.5) is 24.8 Å². The number of rotatable bonds is 9. The second-order valence-electron chi connectivity index (χ2n) is 8.88. The first-order chi connectivity index (χ1) is 17.1. The van der Waals surface area contributed by atoms with E-state index in [2.05, 4.69) is 34.5 Å². The summed E-state index contributed by atoms with van der Waals surface area (Å²) < 4.78 is 44.7. The largest absolute Gasteiger partial charge is 0.496 e. The lowest BCUT2D eigenvalue weighted by Gasteiger charge is -2.17. The quantitative estimate of drug-likeness (QED) is 0.245. The van der Waals surface area contributed by atoms with Gasteiger partial charge in [-0.2, -0.15) is 23.3 Å². The number of fused-ring (bicyclic) bond motifs is 1. The number of halogens is 3. The van der Waals surface area contributed by atoms with Crippen molar-refractivity contribution in [2.24, 2.45) is 5.92 Å². The van der Waals surface area contributed by atoms with Gasteiger partial charge < -0.3 is 15.2 Å². The summed E-state index contributed by atoms with van der Waals surface area (Å²) in [5.41, 5.74) is 3.56. The van der Waals surface area contributed by atoms with Crippen LogP contribution in [-0.4, -0.2) is 49.9 Å². The van der Waals surface area contributed by atoms with Gasteiger partial charge in [0.05, 0.1) is 25.4 Å². The minimum atomic E-state index is -4.45. The Morgan fingerprint density at radius 3 is 2.67 bits per heavy atom. The zero-order chi connectivity index (χ0) is 26.0. The molecule has 4 aromatic rings. The number of methoxy groups -OCH3 is 1. The van der Waals surface area contributed by atoms with Gasteiger partial charge in [-0.05, 0) is 36.6 Å². The van der Waals surface area contributed by atoms with E-state index in [9.17, 15) is 18.3 Å². The van der Waals surface area contributed by atoms with Gasteiger partial charge in [0.1, 0.15) is 12.0 Å². The summed E-state index contributed by atoms with van der Waals surface area (Å²) in [5, 5.41) is 28.3. The molecule has 0 saturated carbocycles. The lowest BCUT2D eigenvalue weighted by Crippen LogP contribution is -2.32. The van der Waals surface area contributed by atoms with Gasteiger partial charge in [0.25, 0.3) is 0 Å². The van der Waals surface area contributed by atoms with E-state index in [0.717, 1.165) is 22.2 Å². The maximum absolute atomic E-state index is 12.5. The van der Waals surface area contributed by atoms with Crippen LogP contribution in [0.3, 0.4) is 0 Å². The number of aromatic nitrogens is 5. The third-order valence-electron chi connectivity index (χ3n) is 5.63. The highest BCUT2D eigenvalue weighted by Crippen LogP contribution is 2.31. The molecule has 2 heterocycles. The van der Waals surface area contributed by atoms with E-state index in [1.165, 1.54) is 13.2 Å². The summed E-state index contributed by atoms with van der Waals surface area (Å²) in [7, 11) is 1.38. The number of anilines is 2. The van der Waals surface area contributed by atoms with Gasteiger partial charge in [0.15, 0.2) is 5.82 Å². The van der Waals surface area contributed by atoms with Crippen LogP contribution < -0.4 is 15.4 Å². The monoisotopic (exact) mass is 503 g/mol. The van der Waals surface area contributed by atoms with Crippen molar-refractivity contribution in [2.45, 2.75) is 39.7 Å². The maximum atomic E-state index is 12.5. The molecule has 192 valence electrons. The highest BCUT2D eigenvalue weighted by Gasteiger charge is 2.28. The molecule has 0 spiro atoms. The molecule has 0 aliphatic rings. The SMILES string of the molecule is COc1cc(-c2nc(Nc3ccc4[nH]ncc4c3C)n(CC(C)C)n2)ccc1C(O)NCC(F)(F)F. The molecule has 0 bridgehead atoms. The summed E-state index contributed by atoms with van der Waals surface area (Å²) in [4.78, 5) is 4.69. The van der Waals surface area contributed by atoms with Crippen molar-refractivity contribution in [3.8, 4) is 17.1 Å². The van der Waals surface area contributed by atoms with E-state index in [4.69, 9.17) is 9.72 Å². The molecular weight excluding hydrogens is 475 g/mol. The van der Waals surface area contributed by atoms with Gasteiger partial charge in [-0.1, -0.05) is 26.0 Å². The molecule has 2 aromatic heterocycles. The van der Waals surface area contributed by atoms with Crippen LogP contribution in [0.15, 0.2) is 36.5 Å². The summed E-state index contributed by atoms with van der Waals surface area (Å²) in [5.74, 6) is 1.46. The predicted molar refractivity (Wildman–Crippen MR) is 130 cm³/mol. The van der Waals surface area contributed by atoms with Gasteiger partial charge >= 0.3 is 6.18 Å². The van der Waals surface area contributed by atoms with Crippen molar-refractivity contribution in [1.29, 1.82) is 0 Å². The molecular formula is C24H28F3N7O2. The summed E-state index contributed by atoms with van der Waals surface area (Å²) in [6, 6.07) is 8.60. The number of ether oxygens (including phenoxy) is 1. The number of hydrogen-bond acceptors (Lipinski definition) is 7. The zero-order valence-corrected chi connectivity index (χ0v) is 20.3. The summed E-state index contributed by atoms with van der Waals surface area (Å²) in [6.45, 7) is 5.41. The van der Waals surface area contributed by atoms with Crippen molar-refractivity contribution in [1.82, 2.24) is 30.3 Å². The highest BCUT2D eigenvalue weighted by molar-refractivity contribution is 5.87. The molecule has 0 amide bonds. The predicted octanol–water partition coefficient (Wildman–Crippen LogP) is 4.68. The lowest BCUT2D eigenvalue weighted by molar-refractivity contribution is -0.131. The molecule has 12 heteroatoms. The second kappa shape index (κ2) is 10.2. The third kappa shape index (κ3) is 5.60. The van der Waals surface area contributed by atoms with Crippen LogP contribution >= 0.6 is 0 Å². The molecule has 1 atom stereocenters. The average molecular weight is 504 g/mol. The number of H-pyrrole nitrogens is 1. The molecule has 0 aliphatic heterocycles. The number of nitrogens with one attached hydrogen (secondary N) is 3. The number of aliphatic hydroxyl groups excluding tert-OH is 1. The lowest BCUT2D eigenvalue weighted by atomic mass is 10.1. The summed E-state index contributed by atoms with van der Waals surface area (Å²) >= 11 is 0. The van der Waals surface area contributed by atoms with E-state index in [1.807, 2.05) is 24.4 Å². The third-order valence-corrected chi connectivity index (χ3v) is 5.63. The van der Waals surface area contributed by atoms with Gasteiger partial charge in [-0.15, -0.1) is 5.10 Å². The molecule has 1 unspecified atom stereocenters. The number of aliphatic hydroxyl groups is 1. The fourth-order valence-electron chi connectivity index (χ4n) is 3.84. The highest BCUT2D eigenvalue weighted by atomic mass is 19.4. The van der Waals surface area contributed by atoms with Gasteiger partial charge in [-0.3, -0.25) is 10.4 Å². The number of hydrogen-bond donors (Lipinski definition) is 4. The van der Waals surface area contributed by atoms with Crippen LogP contribution in [0.2, 0.25) is 0 Å². The van der Waals surface area contributed by atoms with Gasteiger partial charge in [0.2, 0.25) is 5.95 Å². The van der Waals surface area contributed by atoms with Gasteiger partial charge in [-0.25, -0.2) is 4.68 Å². The minimum absolute atomic E-state index is 0.175.